The van der Waals surface area contributed by atoms with Crippen LogP contribution in [0.1, 0.15) is 24.0 Å². The van der Waals surface area contributed by atoms with Gasteiger partial charge in [0.15, 0.2) is 0 Å². The summed E-state index contributed by atoms with van der Waals surface area (Å²) in [5, 5.41) is 18.2. The quantitative estimate of drug-likeness (QED) is 0.792. The summed E-state index contributed by atoms with van der Waals surface area (Å²) in [7, 11) is 0. The monoisotopic (exact) mass is 218 g/mol. The van der Waals surface area contributed by atoms with Crippen LogP contribution in [0.5, 0.6) is 0 Å². The summed E-state index contributed by atoms with van der Waals surface area (Å²) < 4.78 is 0. The van der Waals surface area contributed by atoms with Gasteiger partial charge in [-0.2, -0.15) is 0 Å². The first-order valence-electron chi connectivity index (χ1n) is 4.80. The standard InChI is InChI=1S/C12H10O4/c1-6-7-4-2-3-5-8(7)10(12(15)16)9(6)11(13)14/h2-5,10H,1H3,(H,13,14)(H,15,16). The highest BCUT2D eigenvalue weighted by Crippen LogP contribution is 2.41. The summed E-state index contributed by atoms with van der Waals surface area (Å²) in [6.45, 7) is 1.64. The average molecular weight is 218 g/mol. The molecule has 1 aromatic carbocycles. The zero-order chi connectivity index (χ0) is 11.9. The summed E-state index contributed by atoms with van der Waals surface area (Å²) in [4.78, 5) is 22.2. The molecule has 2 rings (SSSR count). The van der Waals surface area contributed by atoms with E-state index in [0.717, 1.165) is 0 Å². The largest absolute Gasteiger partial charge is 0.481 e. The van der Waals surface area contributed by atoms with Gasteiger partial charge >= 0.3 is 11.9 Å². The molecule has 1 aliphatic rings. The number of hydrogen-bond donors (Lipinski definition) is 2. The van der Waals surface area contributed by atoms with Gasteiger partial charge in [0, 0.05) is 0 Å². The van der Waals surface area contributed by atoms with Crippen LogP contribution >= 0.6 is 0 Å². The summed E-state index contributed by atoms with van der Waals surface area (Å²) in [6.07, 6.45) is 0. The van der Waals surface area contributed by atoms with Crippen LogP contribution in [0.15, 0.2) is 29.8 Å². The first-order chi connectivity index (χ1) is 7.54. The SMILES string of the molecule is CC1=C(C(=O)O)C(C(=O)O)c2ccccc21. The van der Waals surface area contributed by atoms with Crippen LogP contribution in [0.3, 0.4) is 0 Å². The van der Waals surface area contributed by atoms with E-state index in [1.54, 1.807) is 31.2 Å². The van der Waals surface area contributed by atoms with Crippen molar-refractivity contribution < 1.29 is 19.8 Å². The second-order valence-electron chi connectivity index (χ2n) is 3.70. The van der Waals surface area contributed by atoms with Crippen LogP contribution < -0.4 is 0 Å². The van der Waals surface area contributed by atoms with E-state index in [-0.39, 0.29) is 5.57 Å². The van der Waals surface area contributed by atoms with E-state index < -0.39 is 17.9 Å². The van der Waals surface area contributed by atoms with Crippen molar-refractivity contribution in [2.45, 2.75) is 12.8 Å². The minimum Gasteiger partial charge on any atom is -0.481 e. The predicted octanol–water partition coefficient (Wildman–Crippen LogP) is 1.73. The lowest BCUT2D eigenvalue weighted by Crippen LogP contribution is -2.16. The molecule has 1 atom stereocenters. The fourth-order valence-corrected chi connectivity index (χ4v) is 2.15. The molecule has 0 saturated carbocycles. The Morgan fingerprint density at radius 3 is 2.38 bits per heavy atom. The number of benzene rings is 1. The number of carboxylic acids is 2. The third-order valence-electron chi connectivity index (χ3n) is 2.85. The van der Waals surface area contributed by atoms with E-state index in [2.05, 4.69) is 0 Å². The number of carbonyl (C=O) groups is 2. The topological polar surface area (TPSA) is 74.6 Å². The number of hydrogen-bond acceptors (Lipinski definition) is 2. The van der Waals surface area contributed by atoms with E-state index in [1.165, 1.54) is 0 Å². The molecule has 0 fully saturated rings. The lowest BCUT2D eigenvalue weighted by Gasteiger charge is -2.08. The maximum absolute atomic E-state index is 11.1. The van der Waals surface area contributed by atoms with Gasteiger partial charge in [-0.15, -0.1) is 0 Å². The van der Waals surface area contributed by atoms with Crippen molar-refractivity contribution in [2.24, 2.45) is 0 Å². The smallest absolute Gasteiger partial charge is 0.333 e. The highest BCUT2D eigenvalue weighted by atomic mass is 16.4. The van der Waals surface area contributed by atoms with Crippen molar-refractivity contribution in [3.05, 3.63) is 41.0 Å². The van der Waals surface area contributed by atoms with Gasteiger partial charge in [0.1, 0.15) is 5.92 Å². The Kier molecular flexibility index (Phi) is 2.27. The Morgan fingerprint density at radius 2 is 1.81 bits per heavy atom. The third-order valence-corrected chi connectivity index (χ3v) is 2.85. The maximum Gasteiger partial charge on any atom is 0.333 e. The molecule has 1 aliphatic carbocycles. The molecule has 2 N–H and O–H groups in total. The number of carboxylic acid groups (broad SMARTS) is 2. The Bertz CT molecular complexity index is 514. The van der Waals surface area contributed by atoms with E-state index in [4.69, 9.17) is 10.2 Å². The van der Waals surface area contributed by atoms with Crippen molar-refractivity contribution in [2.75, 3.05) is 0 Å². The number of allylic oxidation sites excluding steroid dienone is 1. The van der Waals surface area contributed by atoms with Crippen molar-refractivity contribution in [1.82, 2.24) is 0 Å². The van der Waals surface area contributed by atoms with Crippen LogP contribution in [0.4, 0.5) is 0 Å². The molecule has 0 bridgehead atoms. The van der Waals surface area contributed by atoms with Gasteiger partial charge in [0.25, 0.3) is 0 Å². The van der Waals surface area contributed by atoms with Crippen LogP contribution in [0.2, 0.25) is 0 Å². The van der Waals surface area contributed by atoms with Crippen LogP contribution in [0, 0.1) is 0 Å². The molecule has 0 heterocycles. The summed E-state index contributed by atoms with van der Waals surface area (Å²) in [6, 6.07) is 6.89. The first kappa shape index (κ1) is 10.4. The van der Waals surface area contributed by atoms with Gasteiger partial charge in [-0.1, -0.05) is 24.3 Å². The van der Waals surface area contributed by atoms with Crippen LogP contribution in [-0.2, 0) is 9.59 Å². The second-order valence-corrected chi connectivity index (χ2v) is 3.70. The molecule has 82 valence electrons. The van der Waals surface area contributed by atoms with Crippen molar-refractivity contribution in [3.63, 3.8) is 0 Å². The van der Waals surface area contributed by atoms with E-state index in [9.17, 15) is 9.59 Å². The number of rotatable bonds is 2. The highest BCUT2D eigenvalue weighted by Gasteiger charge is 2.37. The highest BCUT2D eigenvalue weighted by molar-refractivity contribution is 6.07. The second kappa shape index (κ2) is 3.48. The lowest BCUT2D eigenvalue weighted by molar-refractivity contribution is -0.141. The third kappa shape index (κ3) is 1.31. The fourth-order valence-electron chi connectivity index (χ4n) is 2.15. The molecular formula is C12H10O4. The maximum atomic E-state index is 11.1. The van der Waals surface area contributed by atoms with Gasteiger partial charge in [0.2, 0.25) is 0 Å². The first-order valence-corrected chi connectivity index (χ1v) is 4.80. The summed E-state index contributed by atoms with van der Waals surface area (Å²) in [5.41, 5.74) is 1.78. The molecule has 0 radical (unpaired) electrons. The molecule has 0 saturated heterocycles. The van der Waals surface area contributed by atoms with Gasteiger partial charge in [-0.25, -0.2) is 4.79 Å². The number of fused-ring (bicyclic) bond motifs is 1. The van der Waals surface area contributed by atoms with Crippen LogP contribution in [0.25, 0.3) is 5.57 Å². The normalized spacial score (nSPS) is 18.4. The molecule has 0 aliphatic heterocycles. The van der Waals surface area contributed by atoms with Crippen molar-refractivity contribution in [3.8, 4) is 0 Å². The molecule has 0 aromatic heterocycles. The molecule has 0 spiro atoms. The predicted molar refractivity (Wildman–Crippen MR) is 57.0 cm³/mol. The molecule has 4 nitrogen and oxygen atoms in total. The minimum atomic E-state index is -1.17. The summed E-state index contributed by atoms with van der Waals surface area (Å²) in [5.74, 6) is -3.34. The average Bonchev–Trinajstić information content (AvgIpc) is 2.53. The fraction of sp³-hybridized carbons (Fsp3) is 0.167. The molecule has 16 heavy (non-hydrogen) atoms. The van der Waals surface area contributed by atoms with Crippen molar-refractivity contribution >= 4 is 17.5 Å². The Labute approximate surface area is 91.8 Å². The molecular weight excluding hydrogens is 208 g/mol. The zero-order valence-corrected chi connectivity index (χ0v) is 8.60. The Balaban J connectivity index is 2.68. The van der Waals surface area contributed by atoms with E-state index in [1.807, 2.05) is 0 Å². The van der Waals surface area contributed by atoms with Crippen molar-refractivity contribution in [1.29, 1.82) is 0 Å². The zero-order valence-electron chi connectivity index (χ0n) is 8.60. The van der Waals surface area contributed by atoms with Gasteiger partial charge in [-0.3, -0.25) is 4.79 Å². The molecule has 1 unspecified atom stereocenters. The van der Waals surface area contributed by atoms with Crippen LogP contribution in [-0.4, -0.2) is 22.2 Å². The molecule has 0 amide bonds. The minimum absolute atomic E-state index is 0.0336. The summed E-state index contributed by atoms with van der Waals surface area (Å²) >= 11 is 0. The molecule has 4 heteroatoms. The molecule has 1 aromatic rings. The Hall–Kier alpha value is -2.10. The van der Waals surface area contributed by atoms with Gasteiger partial charge < -0.3 is 10.2 Å². The van der Waals surface area contributed by atoms with Gasteiger partial charge in [0.05, 0.1) is 5.57 Å². The number of aliphatic carboxylic acids is 2. The van der Waals surface area contributed by atoms with Gasteiger partial charge in [-0.05, 0) is 23.6 Å². The Morgan fingerprint density at radius 1 is 1.19 bits per heavy atom. The lowest BCUT2D eigenvalue weighted by atomic mass is 9.96. The van der Waals surface area contributed by atoms with E-state index in [0.29, 0.717) is 16.7 Å². The van der Waals surface area contributed by atoms with E-state index >= 15 is 0 Å².